The Balaban J connectivity index is 1.55. The normalized spacial score (nSPS) is 15.4. The molecule has 0 aliphatic carbocycles. The first-order valence-corrected chi connectivity index (χ1v) is 9.81. The van der Waals surface area contributed by atoms with Gasteiger partial charge in [-0.1, -0.05) is 50.1 Å². The summed E-state index contributed by atoms with van der Waals surface area (Å²) in [7, 11) is 0. The number of ketones is 1. The predicted octanol–water partition coefficient (Wildman–Crippen LogP) is 3.71. The fourth-order valence-corrected chi connectivity index (χ4v) is 3.71. The van der Waals surface area contributed by atoms with Crippen LogP contribution in [0.1, 0.15) is 15.9 Å². The number of Topliss-reactive ketones (excluding diaryl/α,β-unsaturated/α-hetero) is 1. The van der Waals surface area contributed by atoms with E-state index in [-0.39, 0.29) is 12.4 Å². The summed E-state index contributed by atoms with van der Waals surface area (Å²) in [5.41, 5.74) is 2.79. The van der Waals surface area contributed by atoms with E-state index in [2.05, 4.69) is 41.7 Å². The highest BCUT2D eigenvalue weighted by Crippen LogP contribution is 2.25. The number of hydrogen-bond donors (Lipinski definition) is 1. The van der Waals surface area contributed by atoms with Crippen LogP contribution < -0.4 is 4.90 Å². The van der Waals surface area contributed by atoms with Gasteiger partial charge in [0.05, 0.1) is 13.2 Å². The maximum Gasteiger partial charge on any atom is 0.176 e. The summed E-state index contributed by atoms with van der Waals surface area (Å²) < 4.78 is 1.91. The van der Waals surface area contributed by atoms with Crippen LogP contribution in [0.15, 0.2) is 51.4 Å². The van der Waals surface area contributed by atoms with Crippen molar-refractivity contribution in [3.05, 3.63) is 62.5 Å². The number of aliphatic hydroxyl groups is 1. The average molecular weight is 468 g/mol. The van der Waals surface area contributed by atoms with Gasteiger partial charge in [0.25, 0.3) is 0 Å². The van der Waals surface area contributed by atoms with Crippen LogP contribution in [0.3, 0.4) is 0 Å². The second-order valence-electron chi connectivity index (χ2n) is 6.13. The number of carbonyl (C=O) groups is 1. The molecular weight excluding hydrogens is 448 g/mol. The average Bonchev–Trinajstić information content (AvgIpc) is 2.63. The molecular formula is C19H20Br2N2O2. The molecule has 0 atom stereocenters. The van der Waals surface area contributed by atoms with E-state index in [0.29, 0.717) is 6.54 Å². The number of aliphatic hydroxyl groups excluding tert-OH is 1. The SMILES string of the molecule is O=C(CN1CCN(c2ccc(CO)c(Br)c2)CC1)c1ccc(Br)cc1. The Morgan fingerprint density at radius 2 is 1.68 bits per heavy atom. The fourth-order valence-electron chi connectivity index (χ4n) is 2.96. The summed E-state index contributed by atoms with van der Waals surface area (Å²) in [5, 5.41) is 9.26. The molecule has 0 unspecified atom stereocenters. The first-order valence-electron chi connectivity index (χ1n) is 8.22. The van der Waals surface area contributed by atoms with Crippen LogP contribution >= 0.6 is 31.9 Å². The van der Waals surface area contributed by atoms with E-state index in [9.17, 15) is 9.90 Å². The molecule has 1 aliphatic rings. The second kappa shape index (κ2) is 8.45. The maximum absolute atomic E-state index is 12.4. The highest BCUT2D eigenvalue weighted by Gasteiger charge is 2.20. The molecule has 1 aliphatic heterocycles. The third-order valence-corrected chi connectivity index (χ3v) is 5.74. The molecule has 25 heavy (non-hydrogen) atoms. The van der Waals surface area contributed by atoms with Crippen molar-refractivity contribution in [2.45, 2.75) is 6.61 Å². The van der Waals surface area contributed by atoms with Gasteiger partial charge in [0.1, 0.15) is 0 Å². The van der Waals surface area contributed by atoms with E-state index in [1.807, 2.05) is 42.5 Å². The zero-order valence-electron chi connectivity index (χ0n) is 13.8. The van der Waals surface area contributed by atoms with Crippen molar-refractivity contribution in [1.29, 1.82) is 0 Å². The lowest BCUT2D eigenvalue weighted by atomic mass is 10.1. The molecule has 2 aromatic carbocycles. The summed E-state index contributed by atoms with van der Waals surface area (Å²) in [6.07, 6.45) is 0. The van der Waals surface area contributed by atoms with Crippen molar-refractivity contribution in [2.24, 2.45) is 0 Å². The van der Waals surface area contributed by atoms with Crippen molar-refractivity contribution in [2.75, 3.05) is 37.6 Å². The molecule has 1 saturated heterocycles. The Kier molecular flexibility index (Phi) is 6.28. The predicted molar refractivity (Wildman–Crippen MR) is 107 cm³/mol. The van der Waals surface area contributed by atoms with Gasteiger partial charge in [0.15, 0.2) is 5.78 Å². The summed E-state index contributed by atoms with van der Waals surface area (Å²) in [6.45, 7) is 4.00. The molecule has 2 aromatic rings. The van der Waals surface area contributed by atoms with Gasteiger partial charge in [-0.25, -0.2) is 0 Å². The van der Waals surface area contributed by atoms with Gasteiger partial charge in [0.2, 0.25) is 0 Å². The first-order chi connectivity index (χ1) is 12.1. The lowest BCUT2D eigenvalue weighted by Gasteiger charge is -2.36. The monoisotopic (exact) mass is 466 g/mol. The molecule has 0 bridgehead atoms. The first kappa shape index (κ1) is 18.6. The molecule has 0 spiro atoms. The third-order valence-electron chi connectivity index (χ3n) is 4.48. The van der Waals surface area contributed by atoms with Crippen molar-refractivity contribution in [3.8, 4) is 0 Å². The molecule has 0 amide bonds. The summed E-state index contributed by atoms with van der Waals surface area (Å²) >= 11 is 6.90. The molecule has 0 saturated carbocycles. The van der Waals surface area contributed by atoms with E-state index in [0.717, 1.165) is 51.9 Å². The Hall–Kier alpha value is -1.21. The smallest absolute Gasteiger partial charge is 0.176 e. The van der Waals surface area contributed by atoms with Gasteiger partial charge in [0, 0.05) is 46.4 Å². The molecule has 0 aromatic heterocycles. The van der Waals surface area contributed by atoms with Crippen LogP contribution in [0.4, 0.5) is 5.69 Å². The fraction of sp³-hybridized carbons (Fsp3) is 0.316. The zero-order valence-corrected chi connectivity index (χ0v) is 17.0. The highest BCUT2D eigenvalue weighted by atomic mass is 79.9. The van der Waals surface area contributed by atoms with Crippen LogP contribution in [0.2, 0.25) is 0 Å². The molecule has 6 heteroatoms. The van der Waals surface area contributed by atoms with E-state index >= 15 is 0 Å². The highest BCUT2D eigenvalue weighted by molar-refractivity contribution is 9.10. The van der Waals surface area contributed by atoms with E-state index in [4.69, 9.17) is 0 Å². The number of rotatable bonds is 5. The number of benzene rings is 2. The number of piperazine rings is 1. The molecule has 0 radical (unpaired) electrons. The Labute approximate surface area is 164 Å². The van der Waals surface area contributed by atoms with Gasteiger partial charge in [-0.2, -0.15) is 0 Å². The maximum atomic E-state index is 12.4. The number of anilines is 1. The van der Waals surface area contributed by atoms with Gasteiger partial charge in [-0.15, -0.1) is 0 Å². The van der Waals surface area contributed by atoms with E-state index < -0.39 is 0 Å². The summed E-state index contributed by atoms with van der Waals surface area (Å²) in [5.74, 6) is 0.163. The van der Waals surface area contributed by atoms with Crippen molar-refractivity contribution < 1.29 is 9.90 Å². The Bertz CT molecular complexity index is 742. The minimum absolute atomic E-state index is 0.0345. The van der Waals surface area contributed by atoms with Gasteiger partial charge in [-0.05, 0) is 29.8 Å². The second-order valence-corrected chi connectivity index (χ2v) is 7.90. The molecule has 1 N–H and O–H groups in total. The zero-order chi connectivity index (χ0) is 17.8. The van der Waals surface area contributed by atoms with Gasteiger partial charge >= 0.3 is 0 Å². The minimum Gasteiger partial charge on any atom is -0.392 e. The van der Waals surface area contributed by atoms with Crippen molar-refractivity contribution >= 4 is 43.3 Å². The Morgan fingerprint density at radius 3 is 2.28 bits per heavy atom. The van der Waals surface area contributed by atoms with Crippen LogP contribution in [0.25, 0.3) is 0 Å². The van der Waals surface area contributed by atoms with E-state index in [1.165, 1.54) is 0 Å². The third kappa shape index (κ3) is 4.70. The minimum atomic E-state index is 0.0345. The van der Waals surface area contributed by atoms with Crippen molar-refractivity contribution in [1.82, 2.24) is 4.90 Å². The van der Waals surface area contributed by atoms with Gasteiger partial charge in [-0.3, -0.25) is 9.69 Å². The van der Waals surface area contributed by atoms with Crippen molar-refractivity contribution in [3.63, 3.8) is 0 Å². The number of halogens is 2. The number of nitrogens with zero attached hydrogens (tertiary/aromatic N) is 2. The van der Waals surface area contributed by atoms with E-state index in [1.54, 1.807) is 0 Å². The number of carbonyl (C=O) groups excluding carboxylic acids is 1. The Morgan fingerprint density at radius 1 is 1.00 bits per heavy atom. The molecule has 4 nitrogen and oxygen atoms in total. The van der Waals surface area contributed by atoms with Crippen LogP contribution in [-0.4, -0.2) is 48.5 Å². The number of hydrogen-bond acceptors (Lipinski definition) is 4. The lowest BCUT2D eigenvalue weighted by Crippen LogP contribution is -2.48. The lowest BCUT2D eigenvalue weighted by molar-refractivity contribution is 0.0926. The molecule has 132 valence electrons. The van der Waals surface area contributed by atoms with Crippen LogP contribution in [0.5, 0.6) is 0 Å². The topological polar surface area (TPSA) is 43.8 Å². The molecule has 3 rings (SSSR count). The summed E-state index contributed by atoms with van der Waals surface area (Å²) in [6, 6.07) is 13.6. The largest absolute Gasteiger partial charge is 0.392 e. The van der Waals surface area contributed by atoms with Gasteiger partial charge < -0.3 is 10.0 Å². The molecule has 1 fully saturated rings. The quantitative estimate of drug-likeness (QED) is 0.680. The van der Waals surface area contributed by atoms with Crippen LogP contribution in [-0.2, 0) is 6.61 Å². The van der Waals surface area contributed by atoms with Crippen LogP contribution in [0, 0.1) is 0 Å². The standard InChI is InChI=1S/C19H20Br2N2O2/c20-16-4-1-14(2-5-16)19(25)12-22-7-9-23(10-8-22)17-6-3-15(13-24)18(21)11-17/h1-6,11,24H,7-10,12-13H2. The summed E-state index contributed by atoms with van der Waals surface area (Å²) in [4.78, 5) is 16.9. The molecule has 1 heterocycles.